The summed E-state index contributed by atoms with van der Waals surface area (Å²) in [7, 11) is 0. The first-order valence-electron chi connectivity index (χ1n) is 3.90. The van der Waals surface area contributed by atoms with E-state index in [1.807, 2.05) is 0 Å². The fraction of sp³-hybridized carbons (Fsp3) is 0.875. The Hall–Kier alpha value is -0.620. The van der Waals surface area contributed by atoms with Crippen molar-refractivity contribution < 1.29 is 0 Å². The van der Waals surface area contributed by atoms with Crippen molar-refractivity contribution in [3.8, 4) is 0 Å². The SMILES string of the molecule is CC1(N=C=N)CCCCC1. The molecule has 0 amide bonds. The topological polar surface area (TPSA) is 36.2 Å². The van der Waals surface area contributed by atoms with Crippen LogP contribution in [0, 0.1) is 5.41 Å². The van der Waals surface area contributed by atoms with E-state index in [1.165, 1.54) is 19.3 Å². The molecule has 0 atom stereocenters. The van der Waals surface area contributed by atoms with Gasteiger partial charge in [0.2, 0.25) is 0 Å². The van der Waals surface area contributed by atoms with Crippen LogP contribution >= 0.6 is 0 Å². The number of hydrogen-bond donors (Lipinski definition) is 1. The third-order valence-corrected chi connectivity index (χ3v) is 2.26. The molecular weight excluding hydrogens is 124 g/mol. The van der Waals surface area contributed by atoms with Crippen molar-refractivity contribution in [3.63, 3.8) is 0 Å². The first-order chi connectivity index (χ1) is 4.77. The Morgan fingerprint density at radius 2 is 1.90 bits per heavy atom. The third kappa shape index (κ3) is 1.68. The Balaban J connectivity index is 2.56. The van der Waals surface area contributed by atoms with Crippen LogP contribution in [0.4, 0.5) is 0 Å². The van der Waals surface area contributed by atoms with E-state index in [0.717, 1.165) is 12.8 Å². The molecule has 1 rings (SSSR count). The van der Waals surface area contributed by atoms with Crippen molar-refractivity contribution in [1.82, 2.24) is 0 Å². The summed E-state index contributed by atoms with van der Waals surface area (Å²) in [5.41, 5.74) is 0.0556. The van der Waals surface area contributed by atoms with Gasteiger partial charge >= 0.3 is 0 Å². The van der Waals surface area contributed by atoms with Crippen molar-refractivity contribution in [2.75, 3.05) is 0 Å². The molecule has 1 saturated carbocycles. The van der Waals surface area contributed by atoms with E-state index in [-0.39, 0.29) is 5.54 Å². The summed E-state index contributed by atoms with van der Waals surface area (Å²) in [6, 6.07) is 2.15. The highest BCUT2D eigenvalue weighted by Gasteiger charge is 2.25. The lowest BCUT2D eigenvalue weighted by Crippen LogP contribution is -2.24. The lowest BCUT2D eigenvalue weighted by atomic mass is 9.84. The summed E-state index contributed by atoms with van der Waals surface area (Å²) >= 11 is 0. The number of nitrogens with one attached hydrogen (secondary N) is 1. The second kappa shape index (κ2) is 2.98. The molecule has 0 aliphatic heterocycles. The minimum atomic E-state index is 0.0556. The quantitative estimate of drug-likeness (QED) is 0.540. The molecule has 10 heavy (non-hydrogen) atoms. The lowest BCUT2D eigenvalue weighted by Gasteiger charge is -2.27. The van der Waals surface area contributed by atoms with E-state index >= 15 is 0 Å². The third-order valence-electron chi connectivity index (χ3n) is 2.26. The minimum Gasteiger partial charge on any atom is -0.242 e. The molecule has 1 N–H and O–H groups in total. The van der Waals surface area contributed by atoms with Gasteiger partial charge in [-0.1, -0.05) is 19.3 Å². The maximum absolute atomic E-state index is 6.75. The van der Waals surface area contributed by atoms with Gasteiger partial charge in [-0.2, -0.15) is 0 Å². The zero-order chi connectivity index (χ0) is 7.45. The predicted octanol–water partition coefficient (Wildman–Crippen LogP) is 2.46. The van der Waals surface area contributed by atoms with Crippen molar-refractivity contribution in [3.05, 3.63) is 0 Å². The smallest absolute Gasteiger partial charge is 0.0867 e. The van der Waals surface area contributed by atoms with E-state index in [4.69, 9.17) is 5.41 Å². The fourth-order valence-corrected chi connectivity index (χ4v) is 1.56. The highest BCUT2D eigenvalue weighted by atomic mass is 14.8. The van der Waals surface area contributed by atoms with Gasteiger partial charge in [0, 0.05) is 0 Å². The zero-order valence-electron chi connectivity index (χ0n) is 6.48. The van der Waals surface area contributed by atoms with E-state index in [9.17, 15) is 0 Å². The average Bonchev–Trinajstić information content (AvgIpc) is 1.89. The Morgan fingerprint density at radius 3 is 2.40 bits per heavy atom. The van der Waals surface area contributed by atoms with E-state index in [1.54, 1.807) is 0 Å². The van der Waals surface area contributed by atoms with Gasteiger partial charge in [0.05, 0.1) is 11.5 Å². The predicted molar refractivity (Wildman–Crippen MR) is 41.6 cm³/mol. The van der Waals surface area contributed by atoms with E-state index in [0.29, 0.717) is 0 Å². The summed E-state index contributed by atoms with van der Waals surface area (Å²) in [6.07, 6.45) is 6.14. The van der Waals surface area contributed by atoms with Gasteiger partial charge in [0.15, 0.2) is 0 Å². The van der Waals surface area contributed by atoms with Crippen LogP contribution in [0.2, 0.25) is 0 Å². The summed E-state index contributed by atoms with van der Waals surface area (Å²) in [5.74, 6) is 0. The minimum absolute atomic E-state index is 0.0556. The maximum Gasteiger partial charge on any atom is 0.0867 e. The largest absolute Gasteiger partial charge is 0.242 e. The number of aliphatic imine (C=N–C) groups is 1. The molecule has 0 bridgehead atoms. The molecule has 0 saturated heterocycles. The maximum atomic E-state index is 6.75. The van der Waals surface area contributed by atoms with Crippen molar-refractivity contribution in [2.24, 2.45) is 4.99 Å². The van der Waals surface area contributed by atoms with E-state index < -0.39 is 0 Å². The summed E-state index contributed by atoms with van der Waals surface area (Å²) < 4.78 is 0. The second-order valence-corrected chi connectivity index (χ2v) is 3.28. The van der Waals surface area contributed by atoms with Gasteiger partial charge in [-0.3, -0.25) is 0 Å². The number of hydrogen-bond acceptors (Lipinski definition) is 2. The van der Waals surface area contributed by atoms with Crippen LogP contribution in [0.3, 0.4) is 0 Å². The average molecular weight is 138 g/mol. The Morgan fingerprint density at radius 1 is 1.30 bits per heavy atom. The summed E-state index contributed by atoms with van der Waals surface area (Å²) in [5, 5.41) is 6.75. The van der Waals surface area contributed by atoms with Crippen LogP contribution in [0.15, 0.2) is 4.99 Å². The van der Waals surface area contributed by atoms with Crippen molar-refractivity contribution in [2.45, 2.75) is 44.6 Å². The van der Waals surface area contributed by atoms with Crippen LogP contribution in [0.1, 0.15) is 39.0 Å². The van der Waals surface area contributed by atoms with Crippen molar-refractivity contribution >= 4 is 6.01 Å². The van der Waals surface area contributed by atoms with Gasteiger partial charge in [0.1, 0.15) is 0 Å². The molecule has 0 unspecified atom stereocenters. The van der Waals surface area contributed by atoms with Gasteiger partial charge in [-0.25, -0.2) is 10.4 Å². The van der Waals surface area contributed by atoms with Crippen LogP contribution in [-0.4, -0.2) is 11.5 Å². The molecule has 1 aliphatic rings. The molecule has 1 aliphatic carbocycles. The van der Waals surface area contributed by atoms with Crippen LogP contribution in [0.25, 0.3) is 0 Å². The highest BCUT2D eigenvalue weighted by molar-refractivity contribution is 5.37. The van der Waals surface area contributed by atoms with Gasteiger partial charge in [-0.05, 0) is 19.8 Å². The van der Waals surface area contributed by atoms with Gasteiger partial charge in [0.25, 0.3) is 0 Å². The van der Waals surface area contributed by atoms with Crippen LogP contribution in [0.5, 0.6) is 0 Å². The summed E-state index contributed by atoms with van der Waals surface area (Å²) in [6.45, 7) is 2.12. The molecule has 0 aromatic heterocycles. The van der Waals surface area contributed by atoms with Crippen LogP contribution in [-0.2, 0) is 0 Å². The normalized spacial score (nSPS) is 23.3. The standard InChI is InChI=1S/C8H14N2/c1-8(10-7-9)5-3-2-4-6-8/h9H,2-6H2,1H3. The highest BCUT2D eigenvalue weighted by Crippen LogP contribution is 2.30. The first kappa shape index (κ1) is 7.49. The molecule has 0 radical (unpaired) electrons. The van der Waals surface area contributed by atoms with Crippen LogP contribution < -0.4 is 0 Å². The summed E-state index contributed by atoms with van der Waals surface area (Å²) in [4.78, 5) is 4.03. The molecule has 2 heteroatoms. The Labute approximate surface area is 61.9 Å². The Kier molecular flexibility index (Phi) is 2.23. The fourth-order valence-electron chi connectivity index (χ4n) is 1.56. The second-order valence-electron chi connectivity index (χ2n) is 3.28. The molecule has 56 valence electrons. The number of rotatable bonds is 1. The van der Waals surface area contributed by atoms with E-state index in [2.05, 4.69) is 17.9 Å². The lowest BCUT2D eigenvalue weighted by molar-refractivity contribution is 0.326. The molecule has 0 aromatic carbocycles. The first-order valence-corrected chi connectivity index (χ1v) is 3.90. The zero-order valence-corrected chi connectivity index (χ0v) is 6.48. The number of nitrogens with zero attached hydrogens (tertiary/aromatic N) is 1. The molecule has 0 heterocycles. The molecule has 0 aromatic rings. The van der Waals surface area contributed by atoms with Crippen molar-refractivity contribution in [1.29, 1.82) is 5.41 Å². The monoisotopic (exact) mass is 138 g/mol. The molecule has 0 spiro atoms. The molecule has 1 fully saturated rings. The molecular formula is C8H14N2. The van der Waals surface area contributed by atoms with Gasteiger partial charge < -0.3 is 0 Å². The Bertz CT molecular complexity index is 151. The molecule has 2 nitrogen and oxygen atoms in total. The van der Waals surface area contributed by atoms with Gasteiger partial charge in [-0.15, -0.1) is 0 Å².